The van der Waals surface area contributed by atoms with Crippen LogP contribution in [0, 0.1) is 5.41 Å². The number of methoxy groups -OCH3 is 1. The van der Waals surface area contributed by atoms with Gasteiger partial charge in [0.05, 0.1) is 19.7 Å². The van der Waals surface area contributed by atoms with E-state index >= 15 is 0 Å². The Bertz CT molecular complexity index is 379. The zero-order chi connectivity index (χ0) is 13.8. The molecule has 18 heavy (non-hydrogen) atoms. The predicted molar refractivity (Wildman–Crippen MR) is 71.7 cm³/mol. The lowest BCUT2D eigenvalue weighted by Gasteiger charge is -1.98. The molecule has 0 aliphatic carbocycles. The van der Waals surface area contributed by atoms with Crippen LogP contribution in [0.4, 0.5) is 0 Å². The third kappa shape index (κ3) is 8.21. The van der Waals surface area contributed by atoms with Crippen LogP contribution in [0.25, 0.3) is 0 Å². The van der Waals surface area contributed by atoms with Gasteiger partial charge in [-0.05, 0) is 31.1 Å². The molecular formula is C14H19NO3. The minimum Gasteiger partial charge on any atom is -0.497 e. The lowest BCUT2D eigenvalue weighted by atomic mass is 10.2. The molecule has 0 heterocycles. The predicted octanol–water partition coefficient (Wildman–Crippen LogP) is 2.61. The summed E-state index contributed by atoms with van der Waals surface area (Å²) < 4.78 is 5.11. The maximum atomic E-state index is 11.2. The number of carbonyl (C=O) groups is 2. The quantitative estimate of drug-likeness (QED) is 0.224. The van der Waals surface area contributed by atoms with E-state index in [2.05, 4.69) is 0 Å². The fraction of sp³-hybridized carbons (Fsp3) is 0.357. The summed E-state index contributed by atoms with van der Waals surface area (Å²) in [5.41, 5.74) is 0. The molecule has 0 atom stereocenters. The minimum atomic E-state index is -0.483. The maximum Gasteiger partial charge on any atom is 0.180 e. The highest BCUT2D eigenvalue weighted by Crippen LogP contribution is 2.01. The Morgan fingerprint density at radius 3 is 2.44 bits per heavy atom. The summed E-state index contributed by atoms with van der Waals surface area (Å²) in [7, 11) is 1.59. The van der Waals surface area contributed by atoms with Crippen molar-refractivity contribution in [3.63, 3.8) is 0 Å². The number of carbonyl (C=O) groups excluding carboxylic acids is 2. The highest BCUT2D eigenvalue weighted by molar-refractivity contribution is 6.31. The van der Waals surface area contributed by atoms with Crippen LogP contribution in [0.5, 0.6) is 0 Å². The number of hydrogen-bond donors (Lipinski definition) is 1. The monoisotopic (exact) mass is 249 g/mol. The van der Waals surface area contributed by atoms with Crippen molar-refractivity contribution in [1.82, 2.24) is 0 Å². The average Bonchev–Trinajstić information content (AvgIpc) is 2.37. The van der Waals surface area contributed by atoms with Gasteiger partial charge in [-0.3, -0.25) is 9.59 Å². The zero-order valence-electron chi connectivity index (χ0n) is 10.8. The third-order valence-electron chi connectivity index (χ3n) is 2.02. The van der Waals surface area contributed by atoms with E-state index in [0.717, 1.165) is 12.2 Å². The topological polar surface area (TPSA) is 67.2 Å². The Hall–Kier alpha value is -1.97. The molecule has 0 aliphatic rings. The number of hydrogen-bond acceptors (Lipinski definition) is 4. The Balaban J connectivity index is 4.18. The molecule has 0 aromatic rings. The largest absolute Gasteiger partial charge is 0.497 e. The van der Waals surface area contributed by atoms with Gasteiger partial charge in [0, 0.05) is 0 Å². The van der Waals surface area contributed by atoms with Crippen LogP contribution in [-0.2, 0) is 14.3 Å². The van der Waals surface area contributed by atoms with Crippen molar-refractivity contribution in [1.29, 1.82) is 5.41 Å². The fourth-order valence-electron chi connectivity index (χ4n) is 1.12. The van der Waals surface area contributed by atoms with Gasteiger partial charge in [-0.1, -0.05) is 19.1 Å². The molecule has 0 unspecified atom stereocenters. The smallest absolute Gasteiger partial charge is 0.180 e. The van der Waals surface area contributed by atoms with Crippen LogP contribution in [0.15, 0.2) is 36.1 Å². The van der Waals surface area contributed by atoms with Crippen LogP contribution in [-0.4, -0.2) is 24.9 Å². The minimum absolute atomic E-state index is 0.239. The lowest BCUT2D eigenvalue weighted by Crippen LogP contribution is -2.05. The van der Waals surface area contributed by atoms with Crippen molar-refractivity contribution in [2.45, 2.75) is 26.2 Å². The van der Waals surface area contributed by atoms with Crippen molar-refractivity contribution in [3.05, 3.63) is 36.1 Å². The number of rotatable bonds is 9. The van der Waals surface area contributed by atoms with E-state index in [9.17, 15) is 9.59 Å². The van der Waals surface area contributed by atoms with Crippen molar-refractivity contribution >= 4 is 17.8 Å². The SMILES string of the molecule is CC/C=C\C(=C/CC=CC(=O)CC(=O)C=N)OC. The first-order valence-electron chi connectivity index (χ1n) is 5.77. The Morgan fingerprint density at radius 2 is 1.89 bits per heavy atom. The number of allylic oxidation sites excluding steroid dienone is 5. The molecule has 0 fully saturated rings. The summed E-state index contributed by atoms with van der Waals surface area (Å²) in [6.07, 6.45) is 10.6. The molecule has 0 rings (SSSR count). The van der Waals surface area contributed by atoms with Gasteiger partial charge in [0.25, 0.3) is 0 Å². The van der Waals surface area contributed by atoms with Gasteiger partial charge in [0.2, 0.25) is 0 Å². The van der Waals surface area contributed by atoms with Crippen LogP contribution in [0.1, 0.15) is 26.2 Å². The standard InChI is InChI=1S/C14H19NO3/c1-3-4-8-14(18-2)9-6-5-7-12(16)10-13(17)11-15/h4-5,7-9,11,15H,3,6,10H2,1-2H3/b7-5?,8-4-,14-9+,15-11?. The number of Topliss-reactive ketones (excluding diaryl/α,β-unsaturated/α-hetero) is 1. The number of ether oxygens (including phenoxy) is 1. The zero-order valence-corrected chi connectivity index (χ0v) is 10.8. The van der Waals surface area contributed by atoms with Crippen LogP contribution in [0.2, 0.25) is 0 Å². The molecule has 4 nitrogen and oxygen atoms in total. The van der Waals surface area contributed by atoms with E-state index < -0.39 is 5.78 Å². The molecule has 98 valence electrons. The third-order valence-corrected chi connectivity index (χ3v) is 2.02. The van der Waals surface area contributed by atoms with Crippen molar-refractivity contribution < 1.29 is 14.3 Å². The molecule has 0 aliphatic heterocycles. The first-order chi connectivity index (χ1) is 8.63. The van der Waals surface area contributed by atoms with Gasteiger partial charge >= 0.3 is 0 Å². The van der Waals surface area contributed by atoms with Crippen LogP contribution < -0.4 is 0 Å². The second kappa shape index (κ2) is 10.2. The van der Waals surface area contributed by atoms with Crippen LogP contribution in [0.3, 0.4) is 0 Å². The van der Waals surface area contributed by atoms with Gasteiger partial charge in [0.15, 0.2) is 11.6 Å². The van der Waals surface area contributed by atoms with Gasteiger partial charge < -0.3 is 10.1 Å². The maximum absolute atomic E-state index is 11.2. The molecule has 0 amide bonds. The van der Waals surface area contributed by atoms with E-state index in [1.165, 1.54) is 6.08 Å². The molecule has 0 aromatic heterocycles. The molecule has 0 saturated heterocycles. The van der Waals surface area contributed by atoms with Crippen molar-refractivity contribution in [3.8, 4) is 0 Å². The van der Waals surface area contributed by atoms with Gasteiger partial charge in [-0.15, -0.1) is 0 Å². The normalized spacial score (nSPS) is 12.0. The van der Waals surface area contributed by atoms with Crippen LogP contribution >= 0.6 is 0 Å². The molecule has 0 spiro atoms. The summed E-state index contributed by atoms with van der Waals surface area (Å²) in [5, 5.41) is 6.68. The molecule has 1 N–H and O–H groups in total. The summed E-state index contributed by atoms with van der Waals surface area (Å²) in [5.74, 6) is -0.0341. The fourth-order valence-corrected chi connectivity index (χ4v) is 1.12. The Labute approximate surface area is 108 Å². The van der Waals surface area contributed by atoms with E-state index in [1.807, 2.05) is 25.2 Å². The molecule has 0 radical (unpaired) electrons. The molecule has 0 bridgehead atoms. The van der Waals surface area contributed by atoms with Gasteiger partial charge in [0.1, 0.15) is 5.76 Å². The Kier molecular flexibility index (Phi) is 9.08. The summed E-state index contributed by atoms with van der Waals surface area (Å²) in [6, 6.07) is 0. The summed E-state index contributed by atoms with van der Waals surface area (Å²) in [4.78, 5) is 22.0. The average molecular weight is 249 g/mol. The van der Waals surface area contributed by atoms with Gasteiger partial charge in [-0.25, -0.2) is 0 Å². The molecular weight excluding hydrogens is 230 g/mol. The van der Waals surface area contributed by atoms with E-state index in [4.69, 9.17) is 10.1 Å². The summed E-state index contributed by atoms with van der Waals surface area (Å²) >= 11 is 0. The second-order valence-electron chi connectivity index (χ2n) is 3.51. The first-order valence-corrected chi connectivity index (χ1v) is 5.77. The lowest BCUT2D eigenvalue weighted by molar-refractivity contribution is -0.120. The van der Waals surface area contributed by atoms with Gasteiger partial charge in [-0.2, -0.15) is 0 Å². The highest BCUT2D eigenvalue weighted by Gasteiger charge is 2.02. The van der Waals surface area contributed by atoms with E-state index in [1.54, 1.807) is 13.2 Å². The first kappa shape index (κ1) is 16.0. The number of ketones is 2. The molecule has 0 saturated carbocycles. The second-order valence-corrected chi connectivity index (χ2v) is 3.51. The van der Waals surface area contributed by atoms with E-state index in [-0.39, 0.29) is 12.2 Å². The summed E-state index contributed by atoms with van der Waals surface area (Å²) in [6.45, 7) is 2.03. The van der Waals surface area contributed by atoms with Crippen molar-refractivity contribution in [2.24, 2.45) is 0 Å². The van der Waals surface area contributed by atoms with E-state index in [0.29, 0.717) is 12.6 Å². The molecule has 0 aromatic carbocycles. The molecule has 4 heteroatoms. The van der Waals surface area contributed by atoms with Crippen molar-refractivity contribution in [2.75, 3.05) is 7.11 Å². The number of nitrogens with one attached hydrogen (secondary N) is 1. The Morgan fingerprint density at radius 1 is 1.17 bits per heavy atom. The highest BCUT2D eigenvalue weighted by atomic mass is 16.5.